The van der Waals surface area contributed by atoms with Crippen molar-refractivity contribution < 1.29 is 22.7 Å². The van der Waals surface area contributed by atoms with E-state index in [1.165, 1.54) is 4.31 Å². The molecule has 162 valence electrons. The normalized spacial score (nSPS) is 15.3. The molecule has 0 aliphatic carbocycles. The fraction of sp³-hybridized carbons (Fsp3) is 0.600. The van der Waals surface area contributed by atoms with Crippen molar-refractivity contribution in [2.24, 2.45) is 5.92 Å². The van der Waals surface area contributed by atoms with Gasteiger partial charge in [-0.2, -0.15) is 4.31 Å². The topological polar surface area (TPSA) is 105 Å². The fourth-order valence-corrected chi connectivity index (χ4v) is 4.49. The number of benzene rings is 1. The third kappa shape index (κ3) is 8.12. The quantitative estimate of drug-likeness (QED) is 0.582. The first-order chi connectivity index (χ1) is 13.8. The SMILES string of the molecule is CC(C)CCC(=O)NCC(=O)NCc1ccccc1CS(=O)(=O)N1CCOCC1. The highest BCUT2D eigenvalue weighted by Gasteiger charge is 2.25. The van der Waals surface area contributed by atoms with Crippen LogP contribution in [0.1, 0.15) is 37.8 Å². The van der Waals surface area contributed by atoms with E-state index in [1.54, 1.807) is 24.3 Å². The van der Waals surface area contributed by atoms with Gasteiger partial charge in [0.15, 0.2) is 0 Å². The Balaban J connectivity index is 1.87. The maximum atomic E-state index is 12.7. The molecule has 1 heterocycles. The highest BCUT2D eigenvalue weighted by Crippen LogP contribution is 2.16. The van der Waals surface area contributed by atoms with Crippen LogP contribution < -0.4 is 10.6 Å². The highest BCUT2D eigenvalue weighted by molar-refractivity contribution is 7.88. The maximum Gasteiger partial charge on any atom is 0.239 e. The molecule has 0 atom stereocenters. The molecule has 0 aromatic heterocycles. The number of morpholine rings is 1. The monoisotopic (exact) mass is 425 g/mol. The Morgan fingerprint density at radius 3 is 2.38 bits per heavy atom. The minimum Gasteiger partial charge on any atom is -0.379 e. The van der Waals surface area contributed by atoms with Crippen molar-refractivity contribution in [1.82, 2.24) is 14.9 Å². The Morgan fingerprint density at radius 2 is 1.72 bits per heavy atom. The number of carbonyl (C=O) groups excluding carboxylic acids is 2. The molecule has 1 saturated heterocycles. The van der Waals surface area contributed by atoms with Crippen LogP contribution in [0.3, 0.4) is 0 Å². The summed E-state index contributed by atoms with van der Waals surface area (Å²) in [6.07, 6.45) is 1.17. The number of carbonyl (C=O) groups is 2. The number of sulfonamides is 1. The summed E-state index contributed by atoms with van der Waals surface area (Å²) in [4.78, 5) is 23.8. The third-order valence-electron chi connectivity index (χ3n) is 4.69. The number of amides is 2. The van der Waals surface area contributed by atoms with Crippen LogP contribution in [0.2, 0.25) is 0 Å². The number of nitrogens with zero attached hydrogens (tertiary/aromatic N) is 1. The van der Waals surface area contributed by atoms with Gasteiger partial charge in [-0.3, -0.25) is 9.59 Å². The molecule has 1 aliphatic heterocycles. The Morgan fingerprint density at radius 1 is 1.07 bits per heavy atom. The molecule has 0 saturated carbocycles. The lowest BCUT2D eigenvalue weighted by molar-refractivity contribution is -0.126. The molecule has 2 rings (SSSR count). The molecule has 0 bridgehead atoms. The first kappa shape index (κ1) is 23.3. The number of nitrogens with one attached hydrogen (secondary N) is 2. The van der Waals surface area contributed by atoms with Crippen molar-refractivity contribution in [1.29, 1.82) is 0 Å². The zero-order chi connectivity index (χ0) is 21.3. The summed E-state index contributed by atoms with van der Waals surface area (Å²) in [6.45, 7) is 5.71. The summed E-state index contributed by atoms with van der Waals surface area (Å²) in [6, 6.07) is 7.14. The third-order valence-corrected chi connectivity index (χ3v) is 6.52. The molecular weight excluding hydrogens is 394 g/mol. The van der Waals surface area contributed by atoms with E-state index >= 15 is 0 Å². The van der Waals surface area contributed by atoms with Gasteiger partial charge in [-0.05, 0) is 23.5 Å². The minimum absolute atomic E-state index is 0.0921. The second-order valence-electron chi connectivity index (χ2n) is 7.52. The van der Waals surface area contributed by atoms with Crippen LogP contribution in [0.15, 0.2) is 24.3 Å². The number of ether oxygens (including phenoxy) is 1. The van der Waals surface area contributed by atoms with E-state index in [1.807, 2.05) is 13.8 Å². The summed E-state index contributed by atoms with van der Waals surface area (Å²) in [7, 11) is -3.45. The van der Waals surface area contributed by atoms with Crippen molar-refractivity contribution in [2.45, 2.75) is 39.0 Å². The average Bonchev–Trinajstić information content (AvgIpc) is 2.70. The minimum atomic E-state index is -3.45. The van der Waals surface area contributed by atoms with Crippen molar-refractivity contribution in [2.75, 3.05) is 32.8 Å². The van der Waals surface area contributed by atoms with Crippen molar-refractivity contribution in [3.63, 3.8) is 0 Å². The van der Waals surface area contributed by atoms with Gasteiger partial charge in [-0.1, -0.05) is 38.1 Å². The van der Waals surface area contributed by atoms with Gasteiger partial charge in [-0.15, -0.1) is 0 Å². The van der Waals surface area contributed by atoms with Crippen LogP contribution in [-0.2, 0) is 36.6 Å². The highest BCUT2D eigenvalue weighted by atomic mass is 32.2. The summed E-state index contributed by atoms with van der Waals surface area (Å²) < 4.78 is 32.0. The number of hydrogen-bond donors (Lipinski definition) is 2. The molecule has 1 fully saturated rings. The van der Waals surface area contributed by atoms with Gasteiger partial charge in [0.1, 0.15) is 0 Å². The van der Waals surface area contributed by atoms with Gasteiger partial charge >= 0.3 is 0 Å². The number of rotatable bonds is 10. The van der Waals surface area contributed by atoms with Gasteiger partial charge in [-0.25, -0.2) is 8.42 Å². The second kappa shape index (κ2) is 11.3. The molecule has 0 spiro atoms. The second-order valence-corrected chi connectivity index (χ2v) is 9.49. The van der Waals surface area contributed by atoms with Gasteiger partial charge in [0.25, 0.3) is 0 Å². The van der Waals surface area contributed by atoms with Crippen LogP contribution in [0.5, 0.6) is 0 Å². The Kier molecular flexibility index (Phi) is 9.06. The van der Waals surface area contributed by atoms with E-state index in [-0.39, 0.29) is 30.7 Å². The van der Waals surface area contributed by atoms with E-state index in [2.05, 4.69) is 10.6 Å². The molecule has 1 aromatic rings. The lowest BCUT2D eigenvalue weighted by atomic mass is 10.1. The van der Waals surface area contributed by atoms with Gasteiger partial charge in [0, 0.05) is 26.1 Å². The molecule has 0 radical (unpaired) electrons. The van der Waals surface area contributed by atoms with Gasteiger partial charge < -0.3 is 15.4 Å². The van der Waals surface area contributed by atoms with Crippen LogP contribution >= 0.6 is 0 Å². The standard InChI is InChI=1S/C20H31N3O5S/c1-16(2)7-8-19(24)22-14-20(25)21-13-17-5-3-4-6-18(17)15-29(26,27)23-9-11-28-12-10-23/h3-6,16H,7-15H2,1-2H3,(H,21,25)(H,22,24). The van der Waals surface area contributed by atoms with E-state index in [4.69, 9.17) is 4.74 Å². The molecule has 1 aliphatic rings. The van der Waals surface area contributed by atoms with Gasteiger partial charge in [0.2, 0.25) is 21.8 Å². The Bertz CT molecular complexity index is 789. The van der Waals surface area contributed by atoms with Crippen molar-refractivity contribution >= 4 is 21.8 Å². The molecule has 8 nitrogen and oxygen atoms in total. The van der Waals surface area contributed by atoms with E-state index < -0.39 is 10.0 Å². The van der Waals surface area contributed by atoms with Crippen LogP contribution in [-0.4, -0.2) is 57.4 Å². The molecule has 1 aromatic carbocycles. The van der Waals surface area contributed by atoms with Crippen LogP contribution in [0.4, 0.5) is 0 Å². The van der Waals surface area contributed by atoms with Crippen LogP contribution in [0.25, 0.3) is 0 Å². The molecular formula is C20H31N3O5S. The first-order valence-corrected chi connectivity index (χ1v) is 11.5. The summed E-state index contributed by atoms with van der Waals surface area (Å²) in [5.41, 5.74) is 1.39. The predicted molar refractivity (Wildman–Crippen MR) is 110 cm³/mol. The molecule has 2 amide bonds. The Hall–Kier alpha value is -1.97. The predicted octanol–water partition coefficient (Wildman–Crippen LogP) is 1.02. The van der Waals surface area contributed by atoms with Crippen molar-refractivity contribution in [3.8, 4) is 0 Å². The first-order valence-electron chi connectivity index (χ1n) is 9.93. The largest absolute Gasteiger partial charge is 0.379 e. The Labute approximate surface area is 173 Å². The maximum absolute atomic E-state index is 12.7. The van der Waals surface area contributed by atoms with E-state index in [0.29, 0.717) is 44.2 Å². The summed E-state index contributed by atoms with van der Waals surface area (Å²) in [5, 5.41) is 5.35. The van der Waals surface area contributed by atoms with Crippen LogP contribution in [0, 0.1) is 5.92 Å². The smallest absolute Gasteiger partial charge is 0.239 e. The summed E-state index contributed by atoms with van der Waals surface area (Å²) >= 11 is 0. The zero-order valence-electron chi connectivity index (χ0n) is 17.1. The molecule has 9 heteroatoms. The lowest BCUT2D eigenvalue weighted by Gasteiger charge is -2.26. The van der Waals surface area contributed by atoms with Gasteiger partial charge in [0.05, 0.1) is 25.5 Å². The average molecular weight is 426 g/mol. The zero-order valence-corrected chi connectivity index (χ0v) is 18.0. The van der Waals surface area contributed by atoms with Crippen molar-refractivity contribution in [3.05, 3.63) is 35.4 Å². The van der Waals surface area contributed by atoms with E-state index in [9.17, 15) is 18.0 Å². The molecule has 0 unspecified atom stereocenters. The fourth-order valence-electron chi connectivity index (χ4n) is 2.93. The molecule has 2 N–H and O–H groups in total. The van der Waals surface area contributed by atoms with E-state index in [0.717, 1.165) is 12.0 Å². The number of hydrogen-bond acceptors (Lipinski definition) is 5. The molecule has 29 heavy (non-hydrogen) atoms. The summed E-state index contributed by atoms with van der Waals surface area (Å²) in [5.74, 6) is -0.148. The lowest BCUT2D eigenvalue weighted by Crippen LogP contribution is -2.41.